The fourth-order valence-corrected chi connectivity index (χ4v) is 4.14. The van der Waals surface area contributed by atoms with Crippen LogP contribution in [0.5, 0.6) is 0 Å². The Morgan fingerprint density at radius 2 is 1.14 bits per heavy atom. The molecule has 0 saturated heterocycles. The Morgan fingerprint density at radius 3 is 1.80 bits per heavy atom. The highest BCUT2D eigenvalue weighted by Gasteiger charge is 2.34. The number of carbonyl (C=O) groups is 4. The molecule has 1 aliphatic carbocycles. The lowest BCUT2D eigenvalue weighted by Gasteiger charge is -2.24. The number of carboxylic acid groups (broad SMARTS) is 1. The molecule has 170 valence electrons. The van der Waals surface area contributed by atoms with Gasteiger partial charge in [-0.15, -0.1) is 0 Å². The van der Waals surface area contributed by atoms with Gasteiger partial charge in [0.05, 0.1) is 33.8 Å². The molecule has 5 rings (SSSR count). The molecule has 0 radical (unpaired) electrons. The van der Waals surface area contributed by atoms with Crippen molar-refractivity contribution in [1.82, 2.24) is 0 Å². The number of para-hydroxylation sites is 1. The first kappa shape index (κ1) is 21.8. The molecule has 1 amide bonds. The second-order valence-corrected chi connectivity index (χ2v) is 7.91. The van der Waals surface area contributed by atoms with Gasteiger partial charge < -0.3 is 15.7 Å². The molecule has 35 heavy (non-hydrogen) atoms. The number of aromatic carboxylic acids is 1. The number of nitrogens with one attached hydrogen (secondary N) is 2. The van der Waals surface area contributed by atoms with Gasteiger partial charge in [-0.05, 0) is 36.4 Å². The fraction of sp³-hybridized carbons (Fsp3) is 0. The third-order valence-corrected chi connectivity index (χ3v) is 5.79. The maximum atomic E-state index is 13.6. The van der Waals surface area contributed by atoms with E-state index in [1.54, 1.807) is 78.9 Å². The van der Waals surface area contributed by atoms with E-state index in [0.29, 0.717) is 5.56 Å². The zero-order valence-electron chi connectivity index (χ0n) is 18.2. The van der Waals surface area contributed by atoms with Crippen molar-refractivity contribution in [2.75, 3.05) is 10.6 Å². The minimum Gasteiger partial charge on any atom is -0.478 e. The summed E-state index contributed by atoms with van der Waals surface area (Å²) in [6.07, 6.45) is 0. The first-order valence-corrected chi connectivity index (χ1v) is 10.8. The van der Waals surface area contributed by atoms with Crippen LogP contribution in [-0.2, 0) is 0 Å². The number of hydrogen-bond donors (Lipinski definition) is 3. The number of hydrogen-bond acceptors (Lipinski definition) is 5. The van der Waals surface area contributed by atoms with E-state index < -0.39 is 23.4 Å². The van der Waals surface area contributed by atoms with Gasteiger partial charge in [-0.3, -0.25) is 14.4 Å². The molecule has 0 aliphatic heterocycles. The van der Waals surface area contributed by atoms with E-state index in [2.05, 4.69) is 10.6 Å². The largest absolute Gasteiger partial charge is 0.478 e. The fourth-order valence-electron chi connectivity index (χ4n) is 4.14. The molecule has 0 atom stereocenters. The maximum Gasteiger partial charge on any atom is 0.337 e. The molecule has 0 aromatic heterocycles. The standard InChI is InChI=1S/C28H18N2O5/c31-25-17-10-4-5-11-18(17)26(32)24-22(30-27(33)16-8-2-1-3-9-16)15-14-21(23(24)25)29-20-13-7-6-12-19(20)28(34)35/h1-15,29H,(H,30,33)(H,34,35). The van der Waals surface area contributed by atoms with Gasteiger partial charge in [-0.25, -0.2) is 4.79 Å². The Kier molecular flexibility index (Phi) is 5.43. The van der Waals surface area contributed by atoms with Crippen LogP contribution in [0.15, 0.2) is 91.0 Å². The van der Waals surface area contributed by atoms with Gasteiger partial charge in [0, 0.05) is 16.7 Å². The number of rotatable bonds is 5. The predicted octanol–water partition coefficient (Wildman–Crippen LogP) is 5.16. The highest BCUT2D eigenvalue weighted by molar-refractivity contribution is 6.32. The van der Waals surface area contributed by atoms with Crippen molar-refractivity contribution < 1.29 is 24.3 Å². The Hall–Kier alpha value is -5.04. The molecule has 7 heteroatoms. The van der Waals surface area contributed by atoms with Crippen LogP contribution >= 0.6 is 0 Å². The summed E-state index contributed by atoms with van der Waals surface area (Å²) in [6.45, 7) is 0. The van der Waals surface area contributed by atoms with E-state index in [0.717, 1.165) is 0 Å². The molecule has 0 heterocycles. The molecule has 0 bridgehead atoms. The number of fused-ring (bicyclic) bond motifs is 2. The maximum absolute atomic E-state index is 13.6. The first-order chi connectivity index (χ1) is 17.0. The normalized spacial score (nSPS) is 11.9. The monoisotopic (exact) mass is 462 g/mol. The number of carboxylic acids is 1. The van der Waals surface area contributed by atoms with Crippen molar-refractivity contribution >= 4 is 40.5 Å². The third-order valence-electron chi connectivity index (χ3n) is 5.79. The van der Waals surface area contributed by atoms with E-state index in [4.69, 9.17) is 0 Å². The second kappa shape index (κ2) is 8.72. The van der Waals surface area contributed by atoms with Gasteiger partial charge in [0.1, 0.15) is 0 Å². The summed E-state index contributed by atoms with van der Waals surface area (Å²) in [5.74, 6) is -2.37. The Morgan fingerprint density at radius 1 is 0.600 bits per heavy atom. The highest BCUT2D eigenvalue weighted by Crippen LogP contribution is 2.38. The van der Waals surface area contributed by atoms with Crippen LogP contribution in [0.3, 0.4) is 0 Å². The molecule has 7 nitrogen and oxygen atoms in total. The van der Waals surface area contributed by atoms with E-state index in [1.165, 1.54) is 12.1 Å². The van der Waals surface area contributed by atoms with Crippen LogP contribution in [0.4, 0.5) is 17.1 Å². The smallest absolute Gasteiger partial charge is 0.337 e. The quantitative estimate of drug-likeness (QED) is 0.333. The van der Waals surface area contributed by atoms with Gasteiger partial charge in [-0.1, -0.05) is 54.6 Å². The van der Waals surface area contributed by atoms with Crippen LogP contribution in [0.25, 0.3) is 0 Å². The molecule has 0 spiro atoms. The van der Waals surface area contributed by atoms with Crippen molar-refractivity contribution in [3.8, 4) is 0 Å². The summed E-state index contributed by atoms with van der Waals surface area (Å²) in [5.41, 5.74) is 1.73. The lowest BCUT2D eigenvalue weighted by atomic mass is 9.82. The van der Waals surface area contributed by atoms with Crippen molar-refractivity contribution in [3.05, 3.63) is 124 Å². The van der Waals surface area contributed by atoms with Gasteiger partial charge in [0.15, 0.2) is 11.6 Å². The summed E-state index contributed by atoms with van der Waals surface area (Å²) in [6, 6.07) is 24.4. The Labute approximate surface area is 200 Å². The van der Waals surface area contributed by atoms with Crippen LogP contribution in [-0.4, -0.2) is 28.5 Å². The second-order valence-electron chi connectivity index (χ2n) is 7.91. The lowest BCUT2D eigenvalue weighted by Crippen LogP contribution is -2.25. The summed E-state index contributed by atoms with van der Waals surface area (Å²) in [7, 11) is 0. The molecule has 1 aliphatic rings. The van der Waals surface area contributed by atoms with Crippen LogP contribution in [0.2, 0.25) is 0 Å². The van der Waals surface area contributed by atoms with Gasteiger partial charge in [0.2, 0.25) is 0 Å². The van der Waals surface area contributed by atoms with Crippen molar-refractivity contribution in [3.63, 3.8) is 0 Å². The van der Waals surface area contributed by atoms with E-state index >= 15 is 0 Å². The Balaban J connectivity index is 1.66. The topological polar surface area (TPSA) is 113 Å². The molecule has 0 fully saturated rings. The molecule has 4 aromatic carbocycles. The van der Waals surface area contributed by atoms with Crippen LogP contribution in [0.1, 0.15) is 52.6 Å². The molecule has 4 aromatic rings. The van der Waals surface area contributed by atoms with Crippen molar-refractivity contribution in [2.24, 2.45) is 0 Å². The van der Waals surface area contributed by atoms with Gasteiger partial charge in [0.25, 0.3) is 5.91 Å². The van der Waals surface area contributed by atoms with Crippen LogP contribution in [0, 0.1) is 0 Å². The number of ketones is 2. The summed E-state index contributed by atoms with van der Waals surface area (Å²) >= 11 is 0. The Bertz CT molecular complexity index is 1530. The molecule has 0 unspecified atom stereocenters. The first-order valence-electron chi connectivity index (χ1n) is 10.8. The average molecular weight is 462 g/mol. The molecule has 3 N–H and O–H groups in total. The van der Waals surface area contributed by atoms with Crippen molar-refractivity contribution in [2.45, 2.75) is 0 Å². The highest BCUT2D eigenvalue weighted by atomic mass is 16.4. The van der Waals surface area contributed by atoms with Gasteiger partial charge in [-0.2, -0.15) is 0 Å². The van der Waals surface area contributed by atoms with Crippen LogP contribution < -0.4 is 10.6 Å². The number of amides is 1. The number of carbonyl (C=O) groups excluding carboxylic acids is 3. The number of anilines is 3. The summed E-state index contributed by atoms with van der Waals surface area (Å²) in [4.78, 5) is 51.6. The third kappa shape index (κ3) is 3.85. The number of benzene rings is 4. The predicted molar refractivity (Wildman–Crippen MR) is 131 cm³/mol. The van der Waals surface area contributed by atoms with E-state index in [1.807, 2.05) is 0 Å². The van der Waals surface area contributed by atoms with Crippen molar-refractivity contribution in [1.29, 1.82) is 0 Å². The minimum absolute atomic E-state index is 0.0118. The SMILES string of the molecule is O=C(Nc1ccc(Nc2ccccc2C(=O)O)c2c1C(=O)c1ccccc1C2=O)c1ccccc1. The van der Waals surface area contributed by atoms with E-state index in [9.17, 15) is 24.3 Å². The van der Waals surface area contributed by atoms with E-state index in [-0.39, 0.29) is 44.9 Å². The molecular formula is C28H18N2O5. The zero-order valence-corrected chi connectivity index (χ0v) is 18.2. The molecular weight excluding hydrogens is 444 g/mol. The summed E-state index contributed by atoms with van der Waals surface area (Å²) in [5, 5.41) is 15.3. The molecule has 0 saturated carbocycles. The minimum atomic E-state index is -1.14. The lowest BCUT2D eigenvalue weighted by molar-refractivity contribution is 0.0697. The van der Waals surface area contributed by atoms with Gasteiger partial charge >= 0.3 is 5.97 Å². The summed E-state index contributed by atoms with van der Waals surface area (Å²) < 4.78 is 0. The zero-order chi connectivity index (χ0) is 24.5. The average Bonchev–Trinajstić information content (AvgIpc) is 2.88.